The third-order valence-electron chi connectivity index (χ3n) is 5.28. The van der Waals surface area contributed by atoms with Crippen LogP contribution in [-0.4, -0.2) is 45.7 Å². The number of aliphatic carboxylic acids is 1. The molecular formula is C24H27N3O6S2. The summed E-state index contributed by atoms with van der Waals surface area (Å²) in [7, 11) is 0. The number of nitrogens with one attached hydrogen (secondary N) is 2. The minimum Gasteiger partial charge on any atom is -0.481 e. The maximum atomic E-state index is 12.7. The molecule has 9 nitrogen and oxygen atoms in total. The molecule has 3 rings (SSSR count). The first-order chi connectivity index (χ1) is 16.8. The Morgan fingerprint density at radius 2 is 1.94 bits per heavy atom. The lowest BCUT2D eigenvalue weighted by Crippen LogP contribution is -2.34. The van der Waals surface area contributed by atoms with Crippen molar-refractivity contribution in [2.24, 2.45) is 11.8 Å². The number of carboxylic acids is 1. The van der Waals surface area contributed by atoms with Crippen molar-refractivity contribution in [1.29, 1.82) is 0 Å². The van der Waals surface area contributed by atoms with Crippen molar-refractivity contribution in [3.05, 3.63) is 47.5 Å². The maximum absolute atomic E-state index is 12.7. The van der Waals surface area contributed by atoms with Gasteiger partial charge < -0.3 is 20.5 Å². The second-order valence-corrected chi connectivity index (χ2v) is 10.2. The van der Waals surface area contributed by atoms with Crippen molar-refractivity contribution in [3.63, 3.8) is 0 Å². The quantitative estimate of drug-likeness (QED) is 0.245. The second-order valence-electron chi connectivity index (χ2n) is 7.89. The van der Waals surface area contributed by atoms with Crippen LogP contribution in [0.15, 0.2) is 46.7 Å². The first-order valence-corrected chi connectivity index (χ1v) is 12.9. The summed E-state index contributed by atoms with van der Waals surface area (Å²) < 4.78 is 4.90. The molecule has 3 unspecified atom stereocenters. The Morgan fingerprint density at radius 3 is 2.66 bits per heavy atom. The van der Waals surface area contributed by atoms with Gasteiger partial charge >= 0.3 is 11.9 Å². The van der Waals surface area contributed by atoms with Gasteiger partial charge in [-0.15, -0.1) is 23.1 Å². The Kier molecular flexibility index (Phi) is 9.44. The molecule has 0 aliphatic heterocycles. The Labute approximate surface area is 211 Å². The van der Waals surface area contributed by atoms with Crippen molar-refractivity contribution in [3.8, 4) is 0 Å². The molecule has 1 aliphatic rings. The number of thiazole rings is 1. The van der Waals surface area contributed by atoms with E-state index in [9.17, 15) is 24.3 Å². The lowest BCUT2D eigenvalue weighted by Gasteiger charge is -2.24. The highest BCUT2D eigenvalue weighted by atomic mass is 32.2. The molecular weight excluding hydrogens is 490 g/mol. The van der Waals surface area contributed by atoms with Gasteiger partial charge in [-0.2, -0.15) is 0 Å². The Bertz CT molecular complexity index is 1120. The molecule has 3 atom stereocenters. The summed E-state index contributed by atoms with van der Waals surface area (Å²) in [5, 5.41) is 16.6. The summed E-state index contributed by atoms with van der Waals surface area (Å²) in [6.07, 6.45) is 4.39. The van der Waals surface area contributed by atoms with Gasteiger partial charge in [0.05, 0.1) is 35.8 Å². The molecule has 1 aromatic carbocycles. The number of nitrogens with zero attached hydrogens (tertiary/aromatic N) is 1. The number of carboxylic acid groups (broad SMARTS) is 1. The van der Waals surface area contributed by atoms with Crippen molar-refractivity contribution in [2.75, 3.05) is 17.2 Å². The van der Waals surface area contributed by atoms with Crippen LogP contribution in [0.4, 0.5) is 10.8 Å². The van der Waals surface area contributed by atoms with Gasteiger partial charge in [0.2, 0.25) is 11.8 Å². The van der Waals surface area contributed by atoms with Crippen LogP contribution in [0.2, 0.25) is 0 Å². The molecule has 0 radical (unpaired) electrons. The minimum absolute atomic E-state index is 0.0490. The molecule has 1 aromatic heterocycles. The molecule has 0 spiro atoms. The third kappa shape index (κ3) is 7.66. The predicted octanol–water partition coefficient (Wildman–Crippen LogP) is 3.97. The summed E-state index contributed by atoms with van der Waals surface area (Å²) in [6.45, 7) is 3.79. The smallest absolute Gasteiger partial charge is 0.311 e. The number of thioether (sulfide) groups is 1. The van der Waals surface area contributed by atoms with Gasteiger partial charge in [0, 0.05) is 16.0 Å². The number of hydrogen-bond acceptors (Lipinski definition) is 8. The summed E-state index contributed by atoms with van der Waals surface area (Å²) in [5.74, 6) is -3.32. The molecule has 1 aliphatic carbocycles. The molecule has 3 N–H and O–H groups in total. The standard InChI is InChI=1S/C24H27N3O6S2/c1-3-33-20(28)12-16-13-34-24(26-16)27-21(29)14(2)35-17-8-6-7-15(11-17)25-22(30)18-9-4-5-10-19(18)23(31)32/h4-8,11,13-14,18-19H,3,9-10,12H2,1-2H3,(H,25,30)(H,31,32)(H,26,27,29). The second kappa shape index (κ2) is 12.5. The third-order valence-corrected chi connectivity index (χ3v) is 7.18. The van der Waals surface area contributed by atoms with E-state index in [1.165, 1.54) is 23.1 Å². The van der Waals surface area contributed by atoms with Crippen molar-refractivity contribution < 1.29 is 29.0 Å². The Hall–Kier alpha value is -3.18. The normalized spacial score (nSPS) is 17.9. The first kappa shape index (κ1) is 26.4. The zero-order chi connectivity index (χ0) is 25.4. The Morgan fingerprint density at radius 1 is 1.20 bits per heavy atom. The lowest BCUT2D eigenvalue weighted by atomic mass is 9.82. The number of esters is 1. The minimum atomic E-state index is -0.980. The molecule has 11 heteroatoms. The topological polar surface area (TPSA) is 135 Å². The van der Waals surface area contributed by atoms with Gasteiger partial charge in [-0.05, 0) is 44.9 Å². The zero-order valence-electron chi connectivity index (χ0n) is 19.4. The average Bonchev–Trinajstić information content (AvgIpc) is 3.25. The van der Waals surface area contributed by atoms with E-state index in [0.29, 0.717) is 36.0 Å². The first-order valence-electron chi connectivity index (χ1n) is 11.1. The molecule has 0 fully saturated rings. The van der Waals surface area contributed by atoms with Crippen LogP contribution in [0.3, 0.4) is 0 Å². The van der Waals surface area contributed by atoms with Gasteiger partial charge in [0.15, 0.2) is 5.13 Å². The lowest BCUT2D eigenvalue weighted by molar-refractivity contribution is -0.146. The van der Waals surface area contributed by atoms with Gasteiger partial charge in [0.25, 0.3) is 0 Å². The monoisotopic (exact) mass is 517 g/mol. The van der Waals surface area contributed by atoms with Crippen molar-refractivity contribution in [2.45, 2.75) is 43.3 Å². The number of aromatic nitrogens is 1. The van der Waals surface area contributed by atoms with Gasteiger partial charge in [-0.1, -0.05) is 18.2 Å². The molecule has 0 saturated carbocycles. The fraction of sp³-hybridized carbons (Fsp3) is 0.375. The Balaban J connectivity index is 1.56. The summed E-state index contributed by atoms with van der Waals surface area (Å²) in [5.41, 5.74) is 1.07. The maximum Gasteiger partial charge on any atom is 0.311 e. The fourth-order valence-corrected chi connectivity index (χ4v) is 5.17. The highest BCUT2D eigenvalue weighted by molar-refractivity contribution is 8.00. The van der Waals surface area contributed by atoms with Crippen LogP contribution in [0, 0.1) is 11.8 Å². The summed E-state index contributed by atoms with van der Waals surface area (Å²) >= 11 is 2.54. The predicted molar refractivity (Wildman–Crippen MR) is 134 cm³/mol. The SMILES string of the molecule is CCOC(=O)Cc1csc(NC(=O)C(C)Sc2cccc(NC(=O)C3CC=CCC3C(=O)O)c2)n1. The van der Waals surface area contributed by atoms with Crippen LogP contribution >= 0.6 is 23.1 Å². The van der Waals surface area contributed by atoms with Crippen LogP contribution in [0.5, 0.6) is 0 Å². The number of hydrogen-bond donors (Lipinski definition) is 3. The highest BCUT2D eigenvalue weighted by Crippen LogP contribution is 2.30. The largest absolute Gasteiger partial charge is 0.481 e. The zero-order valence-corrected chi connectivity index (χ0v) is 21.0. The van der Waals surface area contributed by atoms with E-state index < -0.39 is 23.1 Å². The van der Waals surface area contributed by atoms with E-state index in [2.05, 4.69) is 15.6 Å². The van der Waals surface area contributed by atoms with E-state index in [4.69, 9.17) is 4.74 Å². The molecule has 1 heterocycles. The van der Waals surface area contributed by atoms with E-state index >= 15 is 0 Å². The average molecular weight is 518 g/mol. The van der Waals surface area contributed by atoms with Crippen LogP contribution < -0.4 is 10.6 Å². The number of allylic oxidation sites excluding steroid dienone is 2. The van der Waals surface area contributed by atoms with Gasteiger partial charge in [-0.25, -0.2) is 4.98 Å². The number of rotatable bonds is 10. The number of ether oxygens (including phenoxy) is 1. The summed E-state index contributed by atoms with van der Waals surface area (Å²) in [6, 6.07) is 7.07. The van der Waals surface area contributed by atoms with Crippen LogP contribution in [0.25, 0.3) is 0 Å². The van der Waals surface area contributed by atoms with E-state index in [0.717, 1.165) is 4.90 Å². The molecule has 186 valence electrons. The molecule has 2 aromatic rings. The highest BCUT2D eigenvalue weighted by Gasteiger charge is 2.34. The number of amides is 2. The number of carbonyl (C=O) groups is 4. The van der Waals surface area contributed by atoms with E-state index in [1.54, 1.807) is 43.5 Å². The fourth-order valence-electron chi connectivity index (χ4n) is 3.53. The van der Waals surface area contributed by atoms with E-state index in [1.807, 2.05) is 12.1 Å². The van der Waals surface area contributed by atoms with Crippen molar-refractivity contribution >= 4 is 57.7 Å². The van der Waals surface area contributed by atoms with Crippen molar-refractivity contribution in [1.82, 2.24) is 4.98 Å². The van der Waals surface area contributed by atoms with Gasteiger partial charge in [-0.3, -0.25) is 19.2 Å². The van der Waals surface area contributed by atoms with Gasteiger partial charge in [0.1, 0.15) is 0 Å². The molecule has 2 amide bonds. The number of anilines is 2. The van der Waals surface area contributed by atoms with Crippen LogP contribution in [0.1, 0.15) is 32.4 Å². The molecule has 0 bridgehead atoms. The molecule has 35 heavy (non-hydrogen) atoms. The number of benzene rings is 1. The number of carbonyl (C=O) groups excluding carboxylic acids is 3. The van der Waals surface area contributed by atoms with Crippen LogP contribution in [-0.2, 0) is 30.3 Å². The summed E-state index contributed by atoms with van der Waals surface area (Å²) in [4.78, 5) is 53.4. The molecule has 0 saturated heterocycles. The van der Waals surface area contributed by atoms with E-state index in [-0.39, 0.29) is 24.2 Å².